The Balaban J connectivity index is 1.72. The zero-order valence-corrected chi connectivity index (χ0v) is 14.9. The summed E-state index contributed by atoms with van der Waals surface area (Å²) < 4.78 is 28.9. The summed E-state index contributed by atoms with van der Waals surface area (Å²) in [5.41, 5.74) is 2.85. The molecule has 0 radical (unpaired) electrons. The van der Waals surface area contributed by atoms with Gasteiger partial charge >= 0.3 is 6.03 Å². The van der Waals surface area contributed by atoms with Gasteiger partial charge in [-0.1, -0.05) is 29.8 Å². The molecule has 2 aromatic carbocycles. The molecule has 0 unspecified atom stereocenters. The van der Waals surface area contributed by atoms with Crippen LogP contribution in [-0.4, -0.2) is 15.4 Å². The molecular formula is C21H16F2N4O. The van der Waals surface area contributed by atoms with Gasteiger partial charge in [-0.2, -0.15) is 0 Å². The second kappa shape index (κ2) is 7.11. The van der Waals surface area contributed by atoms with Crippen LogP contribution in [0.5, 0.6) is 0 Å². The quantitative estimate of drug-likeness (QED) is 0.513. The number of benzene rings is 2. The van der Waals surface area contributed by atoms with Gasteiger partial charge in [0.25, 0.3) is 0 Å². The summed E-state index contributed by atoms with van der Waals surface area (Å²) in [6.45, 7) is 1.96. The fraction of sp³-hybridized carbons (Fsp3) is 0.0476. The fourth-order valence-electron chi connectivity index (χ4n) is 2.96. The Hall–Kier alpha value is -3.74. The fourth-order valence-corrected chi connectivity index (χ4v) is 2.96. The van der Waals surface area contributed by atoms with Gasteiger partial charge in [-0.15, -0.1) is 0 Å². The van der Waals surface area contributed by atoms with Gasteiger partial charge in [0.1, 0.15) is 28.8 Å². The predicted octanol–water partition coefficient (Wildman–Crippen LogP) is 5.23. The maximum atomic E-state index is 13.8. The van der Waals surface area contributed by atoms with Crippen LogP contribution < -0.4 is 10.6 Å². The van der Waals surface area contributed by atoms with Crippen LogP contribution in [0.4, 0.5) is 25.1 Å². The number of hydrogen-bond donors (Lipinski definition) is 2. The van der Waals surface area contributed by atoms with E-state index in [0.717, 1.165) is 29.3 Å². The number of carbonyl (C=O) groups is 1. The lowest BCUT2D eigenvalue weighted by atomic mass is 10.1. The van der Waals surface area contributed by atoms with E-state index in [4.69, 9.17) is 0 Å². The van der Waals surface area contributed by atoms with Gasteiger partial charge in [0.15, 0.2) is 0 Å². The second-order valence-corrected chi connectivity index (χ2v) is 6.31. The number of imidazole rings is 1. The molecule has 2 aromatic heterocycles. The van der Waals surface area contributed by atoms with Crippen molar-refractivity contribution in [3.8, 4) is 11.3 Å². The van der Waals surface area contributed by atoms with E-state index in [9.17, 15) is 13.6 Å². The van der Waals surface area contributed by atoms with Crippen molar-refractivity contribution in [3.63, 3.8) is 0 Å². The molecule has 0 spiro atoms. The third kappa shape index (κ3) is 3.42. The van der Waals surface area contributed by atoms with Crippen molar-refractivity contribution in [2.75, 3.05) is 10.6 Å². The number of halogens is 2. The van der Waals surface area contributed by atoms with Gasteiger partial charge in [-0.25, -0.2) is 18.6 Å². The van der Waals surface area contributed by atoms with Crippen molar-refractivity contribution in [3.05, 3.63) is 84.1 Å². The van der Waals surface area contributed by atoms with Crippen molar-refractivity contribution in [1.82, 2.24) is 9.38 Å². The second-order valence-electron chi connectivity index (χ2n) is 6.31. The minimum Gasteiger partial charge on any atom is -0.305 e. The smallest absolute Gasteiger partial charge is 0.305 e. The van der Waals surface area contributed by atoms with Gasteiger partial charge in [0.05, 0.1) is 5.69 Å². The lowest BCUT2D eigenvalue weighted by molar-refractivity contribution is 0.262. The Morgan fingerprint density at radius 2 is 1.86 bits per heavy atom. The standard InChI is InChI=1S/C21H16F2N4O/c1-13-5-4-6-14(11-13)19-20(27-10-3-2-7-18(27)25-19)26-21(28)24-17-12-15(22)8-9-16(17)23/h2-12H,1H3,(H2,24,26,28). The van der Waals surface area contributed by atoms with Gasteiger partial charge in [-0.3, -0.25) is 9.72 Å². The molecule has 4 rings (SSSR count). The highest BCUT2D eigenvalue weighted by atomic mass is 19.1. The summed E-state index contributed by atoms with van der Waals surface area (Å²) in [5.74, 6) is -0.948. The number of urea groups is 1. The van der Waals surface area contributed by atoms with E-state index in [2.05, 4.69) is 15.6 Å². The topological polar surface area (TPSA) is 58.4 Å². The van der Waals surface area contributed by atoms with Gasteiger partial charge in [-0.05, 0) is 37.3 Å². The van der Waals surface area contributed by atoms with Gasteiger partial charge in [0, 0.05) is 17.8 Å². The van der Waals surface area contributed by atoms with Crippen LogP contribution in [0, 0.1) is 18.6 Å². The summed E-state index contributed by atoms with van der Waals surface area (Å²) in [6, 6.07) is 15.3. The SMILES string of the molecule is Cc1cccc(-c2nc3ccccn3c2NC(=O)Nc2cc(F)ccc2F)c1. The summed E-state index contributed by atoms with van der Waals surface area (Å²) in [4.78, 5) is 17.1. The molecule has 2 N–H and O–H groups in total. The number of pyridine rings is 1. The highest BCUT2D eigenvalue weighted by Crippen LogP contribution is 2.29. The van der Waals surface area contributed by atoms with Crippen LogP contribution in [0.2, 0.25) is 0 Å². The van der Waals surface area contributed by atoms with Crippen LogP contribution in [0.25, 0.3) is 16.9 Å². The number of fused-ring (bicyclic) bond motifs is 1. The molecule has 0 saturated carbocycles. The number of aryl methyl sites for hydroxylation is 1. The highest BCUT2D eigenvalue weighted by Gasteiger charge is 2.17. The molecule has 2 heterocycles. The van der Waals surface area contributed by atoms with Crippen LogP contribution in [0.1, 0.15) is 5.56 Å². The molecule has 2 amide bonds. The molecule has 0 saturated heterocycles. The average Bonchev–Trinajstić information content (AvgIpc) is 3.03. The lowest BCUT2D eigenvalue weighted by Crippen LogP contribution is -2.21. The first kappa shape index (κ1) is 17.7. The van der Waals surface area contributed by atoms with Crippen molar-refractivity contribution >= 4 is 23.2 Å². The molecule has 0 aliphatic heterocycles. The van der Waals surface area contributed by atoms with E-state index < -0.39 is 17.7 Å². The third-order valence-corrected chi connectivity index (χ3v) is 4.23. The molecular weight excluding hydrogens is 362 g/mol. The van der Waals surface area contributed by atoms with Crippen molar-refractivity contribution in [1.29, 1.82) is 0 Å². The first-order chi connectivity index (χ1) is 13.5. The Labute approximate surface area is 159 Å². The molecule has 0 fully saturated rings. The summed E-state index contributed by atoms with van der Waals surface area (Å²) in [6.07, 6.45) is 1.76. The largest absolute Gasteiger partial charge is 0.324 e. The molecule has 7 heteroatoms. The monoisotopic (exact) mass is 378 g/mol. The van der Waals surface area contributed by atoms with E-state index in [1.54, 1.807) is 10.6 Å². The number of aromatic nitrogens is 2. The highest BCUT2D eigenvalue weighted by molar-refractivity contribution is 6.01. The Kier molecular flexibility index (Phi) is 4.49. The van der Waals surface area contributed by atoms with Gasteiger partial charge in [0.2, 0.25) is 0 Å². The molecule has 140 valence electrons. The molecule has 0 bridgehead atoms. The maximum Gasteiger partial charge on any atom is 0.324 e. The van der Waals surface area contributed by atoms with Crippen molar-refractivity contribution < 1.29 is 13.6 Å². The predicted molar refractivity (Wildman–Crippen MR) is 104 cm³/mol. The molecule has 0 aliphatic rings. The average molecular weight is 378 g/mol. The van der Waals surface area contributed by atoms with E-state index in [1.165, 1.54) is 0 Å². The zero-order chi connectivity index (χ0) is 19.7. The lowest BCUT2D eigenvalue weighted by Gasteiger charge is -2.10. The van der Waals surface area contributed by atoms with E-state index in [1.807, 2.05) is 49.4 Å². The Morgan fingerprint density at radius 3 is 2.68 bits per heavy atom. The Morgan fingerprint density at radius 1 is 1.00 bits per heavy atom. The Bertz CT molecular complexity index is 1190. The van der Waals surface area contributed by atoms with Gasteiger partial charge < -0.3 is 5.32 Å². The minimum atomic E-state index is -0.728. The summed E-state index contributed by atoms with van der Waals surface area (Å²) in [5, 5.41) is 5.05. The molecule has 28 heavy (non-hydrogen) atoms. The van der Waals surface area contributed by atoms with Crippen LogP contribution >= 0.6 is 0 Å². The van der Waals surface area contributed by atoms with Crippen molar-refractivity contribution in [2.24, 2.45) is 0 Å². The van der Waals surface area contributed by atoms with E-state index in [-0.39, 0.29) is 5.69 Å². The minimum absolute atomic E-state index is 0.247. The summed E-state index contributed by atoms with van der Waals surface area (Å²) in [7, 11) is 0. The first-order valence-corrected chi connectivity index (χ1v) is 8.58. The van der Waals surface area contributed by atoms with Crippen LogP contribution in [0.15, 0.2) is 66.9 Å². The number of anilines is 2. The van der Waals surface area contributed by atoms with E-state index >= 15 is 0 Å². The number of nitrogens with zero attached hydrogens (tertiary/aromatic N) is 2. The van der Waals surface area contributed by atoms with Crippen LogP contribution in [-0.2, 0) is 0 Å². The summed E-state index contributed by atoms with van der Waals surface area (Å²) >= 11 is 0. The zero-order valence-electron chi connectivity index (χ0n) is 14.9. The number of carbonyl (C=O) groups excluding carboxylic acids is 1. The normalized spacial score (nSPS) is 10.8. The molecule has 0 aliphatic carbocycles. The van der Waals surface area contributed by atoms with E-state index in [0.29, 0.717) is 17.2 Å². The van der Waals surface area contributed by atoms with Crippen LogP contribution in [0.3, 0.4) is 0 Å². The first-order valence-electron chi connectivity index (χ1n) is 8.58. The number of nitrogens with one attached hydrogen (secondary N) is 2. The van der Waals surface area contributed by atoms with Crippen molar-refractivity contribution in [2.45, 2.75) is 6.92 Å². The molecule has 0 atom stereocenters. The molecule has 4 aromatic rings. The maximum absolute atomic E-state index is 13.8. The number of rotatable bonds is 3. The number of hydrogen-bond acceptors (Lipinski definition) is 2. The third-order valence-electron chi connectivity index (χ3n) is 4.23. The number of amides is 2. The molecule has 5 nitrogen and oxygen atoms in total.